The van der Waals surface area contributed by atoms with Crippen molar-refractivity contribution in [2.75, 3.05) is 32.1 Å². The molecule has 142 valence electrons. The first-order valence-electron chi connectivity index (χ1n) is 9.06. The molecule has 1 saturated heterocycles. The lowest BCUT2D eigenvalue weighted by molar-refractivity contribution is 0.200. The Hall–Kier alpha value is -2.61. The zero-order valence-corrected chi connectivity index (χ0v) is 15.4. The standard InChI is InChI=1S/C19H22F2N6/c1-25(2)18-4-3-17-22-23-19(27(17)24-18)14-5-7-26(8-6-14)12-13-9-15(20)11-16(21)10-13/h3-4,9-11,14H,5-8,12H2,1-2H3. The highest BCUT2D eigenvalue weighted by atomic mass is 19.1. The van der Waals surface area contributed by atoms with Crippen LogP contribution in [0, 0.1) is 11.6 Å². The third kappa shape index (κ3) is 3.75. The molecular formula is C19H22F2N6. The van der Waals surface area contributed by atoms with Crippen LogP contribution in [0.2, 0.25) is 0 Å². The van der Waals surface area contributed by atoms with E-state index in [-0.39, 0.29) is 5.92 Å². The number of anilines is 1. The number of hydrogen-bond acceptors (Lipinski definition) is 5. The van der Waals surface area contributed by atoms with Crippen molar-refractivity contribution in [3.63, 3.8) is 0 Å². The van der Waals surface area contributed by atoms with E-state index in [0.29, 0.717) is 12.1 Å². The van der Waals surface area contributed by atoms with E-state index in [1.807, 2.05) is 35.6 Å². The monoisotopic (exact) mass is 372 g/mol. The molecule has 1 aliphatic heterocycles. The topological polar surface area (TPSA) is 49.6 Å². The van der Waals surface area contributed by atoms with Crippen LogP contribution in [0.25, 0.3) is 5.65 Å². The molecule has 0 saturated carbocycles. The molecule has 1 aromatic carbocycles. The smallest absolute Gasteiger partial charge is 0.178 e. The molecule has 8 heteroatoms. The molecule has 1 fully saturated rings. The fraction of sp³-hybridized carbons (Fsp3) is 0.421. The molecule has 0 bridgehead atoms. The number of fused-ring (bicyclic) bond motifs is 1. The highest BCUT2D eigenvalue weighted by Gasteiger charge is 2.25. The van der Waals surface area contributed by atoms with Gasteiger partial charge >= 0.3 is 0 Å². The summed E-state index contributed by atoms with van der Waals surface area (Å²) >= 11 is 0. The Labute approximate surface area is 156 Å². The minimum absolute atomic E-state index is 0.269. The van der Waals surface area contributed by atoms with Crippen molar-refractivity contribution in [3.8, 4) is 0 Å². The summed E-state index contributed by atoms with van der Waals surface area (Å²) in [6.07, 6.45) is 1.82. The Balaban J connectivity index is 1.46. The van der Waals surface area contributed by atoms with Crippen LogP contribution < -0.4 is 4.90 Å². The average Bonchev–Trinajstić information content (AvgIpc) is 3.04. The summed E-state index contributed by atoms with van der Waals surface area (Å²) < 4.78 is 28.6. The van der Waals surface area contributed by atoms with E-state index in [4.69, 9.17) is 0 Å². The zero-order valence-electron chi connectivity index (χ0n) is 15.4. The molecular weight excluding hydrogens is 350 g/mol. The van der Waals surface area contributed by atoms with Gasteiger partial charge < -0.3 is 4.90 Å². The van der Waals surface area contributed by atoms with Crippen molar-refractivity contribution in [1.82, 2.24) is 24.7 Å². The predicted molar refractivity (Wildman–Crippen MR) is 98.7 cm³/mol. The van der Waals surface area contributed by atoms with Crippen molar-refractivity contribution in [2.24, 2.45) is 0 Å². The van der Waals surface area contributed by atoms with E-state index in [2.05, 4.69) is 20.2 Å². The van der Waals surface area contributed by atoms with Crippen molar-refractivity contribution in [2.45, 2.75) is 25.3 Å². The summed E-state index contributed by atoms with van der Waals surface area (Å²) in [6, 6.07) is 7.55. The summed E-state index contributed by atoms with van der Waals surface area (Å²) in [5.74, 6) is 0.944. The molecule has 0 aliphatic carbocycles. The van der Waals surface area contributed by atoms with Crippen LogP contribution in [0.15, 0.2) is 30.3 Å². The molecule has 3 heterocycles. The van der Waals surface area contributed by atoms with Crippen LogP contribution in [-0.2, 0) is 6.54 Å². The number of likely N-dealkylation sites (tertiary alicyclic amines) is 1. The number of rotatable bonds is 4. The predicted octanol–water partition coefficient (Wildman–Crippen LogP) is 2.85. The number of nitrogens with zero attached hydrogens (tertiary/aromatic N) is 6. The van der Waals surface area contributed by atoms with Gasteiger partial charge in [-0.05, 0) is 55.8 Å². The summed E-state index contributed by atoms with van der Waals surface area (Å²) in [4.78, 5) is 4.16. The number of benzene rings is 1. The Morgan fingerprint density at radius 3 is 2.41 bits per heavy atom. The van der Waals surface area contributed by atoms with Crippen LogP contribution in [0.4, 0.5) is 14.6 Å². The first kappa shape index (κ1) is 17.8. The molecule has 27 heavy (non-hydrogen) atoms. The average molecular weight is 372 g/mol. The van der Waals surface area contributed by atoms with Gasteiger partial charge in [0.05, 0.1) is 0 Å². The van der Waals surface area contributed by atoms with Gasteiger partial charge in [-0.2, -0.15) is 4.52 Å². The lowest BCUT2D eigenvalue weighted by atomic mass is 9.95. The molecule has 2 aromatic heterocycles. The van der Waals surface area contributed by atoms with Gasteiger partial charge in [-0.3, -0.25) is 4.90 Å². The van der Waals surface area contributed by atoms with Crippen LogP contribution in [-0.4, -0.2) is 51.9 Å². The third-order valence-electron chi connectivity index (χ3n) is 5.01. The molecule has 0 radical (unpaired) electrons. The van der Waals surface area contributed by atoms with E-state index >= 15 is 0 Å². The van der Waals surface area contributed by atoms with E-state index in [0.717, 1.165) is 49.3 Å². The molecule has 0 amide bonds. The fourth-order valence-corrected chi connectivity index (χ4v) is 3.60. The second-order valence-electron chi connectivity index (χ2n) is 7.24. The molecule has 1 aliphatic rings. The minimum Gasteiger partial charge on any atom is -0.361 e. The normalized spacial score (nSPS) is 16.1. The summed E-state index contributed by atoms with van der Waals surface area (Å²) in [7, 11) is 3.90. The van der Waals surface area contributed by atoms with Crippen LogP contribution >= 0.6 is 0 Å². The van der Waals surface area contributed by atoms with Gasteiger partial charge in [0.25, 0.3) is 0 Å². The summed E-state index contributed by atoms with van der Waals surface area (Å²) in [6.45, 7) is 2.22. The third-order valence-corrected chi connectivity index (χ3v) is 5.01. The molecule has 4 rings (SSSR count). The fourth-order valence-electron chi connectivity index (χ4n) is 3.60. The van der Waals surface area contributed by atoms with Gasteiger partial charge in [0, 0.05) is 32.6 Å². The quantitative estimate of drug-likeness (QED) is 0.705. The van der Waals surface area contributed by atoms with Gasteiger partial charge in [-0.15, -0.1) is 15.3 Å². The van der Waals surface area contributed by atoms with E-state index in [1.54, 1.807) is 0 Å². The second-order valence-corrected chi connectivity index (χ2v) is 7.24. The maximum absolute atomic E-state index is 13.4. The number of hydrogen-bond donors (Lipinski definition) is 0. The molecule has 0 spiro atoms. The van der Waals surface area contributed by atoms with Crippen molar-refractivity contribution >= 4 is 11.5 Å². The van der Waals surface area contributed by atoms with E-state index < -0.39 is 11.6 Å². The molecule has 0 N–H and O–H groups in total. The summed E-state index contributed by atoms with van der Waals surface area (Å²) in [5.41, 5.74) is 1.41. The molecule has 3 aromatic rings. The van der Waals surface area contributed by atoms with Crippen LogP contribution in [0.1, 0.15) is 30.1 Å². The Morgan fingerprint density at radius 2 is 1.74 bits per heavy atom. The van der Waals surface area contributed by atoms with Crippen LogP contribution in [0.5, 0.6) is 0 Å². The second kappa shape index (κ2) is 7.19. The molecule has 0 unspecified atom stereocenters. The van der Waals surface area contributed by atoms with Crippen molar-refractivity contribution in [3.05, 3.63) is 53.4 Å². The van der Waals surface area contributed by atoms with Crippen molar-refractivity contribution < 1.29 is 8.78 Å². The molecule has 6 nitrogen and oxygen atoms in total. The van der Waals surface area contributed by atoms with Crippen LogP contribution in [0.3, 0.4) is 0 Å². The summed E-state index contributed by atoms with van der Waals surface area (Å²) in [5, 5.41) is 13.2. The maximum Gasteiger partial charge on any atom is 0.178 e. The van der Waals surface area contributed by atoms with Gasteiger partial charge in [0.2, 0.25) is 0 Å². The maximum atomic E-state index is 13.4. The SMILES string of the molecule is CN(C)c1ccc2nnc(C3CCN(Cc4cc(F)cc(F)c4)CC3)n2n1. The highest BCUT2D eigenvalue weighted by molar-refractivity contribution is 5.45. The Bertz CT molecular complexity index is 926. The number of halogens is 2. The van der Waals surface area contributed by atoms with Crippen molar-refractivity contribution in [1.29, 1.82) is 0 Å². The minimum atomic E-state index is -0.530. The van der Waals surface area contributed by atoms with E-state index in [9.17, 15) is 8.78 Å². The largest absolute Gasteiger partial charge is 0.361 e. The number of aromatic nitrogens is 4. The lowest BCUT2D eigenvalue weighted by Crippen LogP contribution is -2.33. The first-order valence-corrected chi connectivity index (χ1v) is 9.06. The lowest BCUT2D eigenvalue weighted by Gasteiger charge is -2.31. The first-order chi connectivity index (χ1) is 13.0. The van der Waals surface area contributed by atoms with Gasteiger partial charge in [-0.1, -0.05) is 0 Å². The van der Waals surface area contributed by atoms with Gasteiger partial charge in [-0.25, -0.2) is 8.78 Å². The van der Waals surface area contributed by atoms with E-state index in [1.165, 1.54) is 12.1 Å². The van der Waals surface area contributed by atoms with Gasteiger partial charge in [0.1, 0.15) is 17.5 Å². The Kier molecular flexibility index (Phi) is 4.73. The Morgan fingerprint density at radius 1 is 1.04 bits per heavy atom. The molecule has 0 atom stereocenters. The number of piperidine rings is 1. The highest BCUT2D eigenvalue weighted by Crippen LogP contribution is 2.28. The zero-order chi connectivity index (χ0) is 19.0. The van der Waals surface area contributed by atoms with Gasteiger partial charge in [0.15, 0.2) is 11.5 Å².